The number of hydrogen-bond donors (Lipinski definition) is 0. The van der Waals surface area contributed by atoms with Crippen LogP contribution in [0.1, 0.15) is 11.3 Å². The smallest absolute Gasteiger partial charge is 0.242 e. The molecule has 1 saturated heterocycles. The van der Waals surface area contributed by atoms with Crippen LogP contribution in [0.2, 0.25) is 0 Å². The van der Waals surface area contributed by atoms with Crippen molar-refractivity contribution >= 4 is 29.1 Å². The van der Waals surface area contributed by atoms with Gasteiger partial charge < -0.3 is 4.42 Å². The molecule has 1 atom stereocenters. The van der Waals surface area contributed by atoms with E-state index in [1.54, 1.807) is 41.5 Å². The molecule has 1 aromatic carbocycles. The van der Waals surface area contributed by atoms with Gasteiger partial charge in [0.15, 0.2) is 5.17 Å². The van der Waals surface area contributed by atoms with E-state index < -0.39 is 0 Å². The summed E-state index contributed by atoms with van der Waals surface area (Å²) in [4.78, 5) is 14.1. The Morgan fingerprint density at radius 1 is 1.32 bits per heavy atom. The molecular weight excluding hydrogens is 341 g/mol. The molecule has 0 spiro atoms. The summed E-state index contributed by atoms with van der Waals surface area (Å²) in [6, 6.07) is 9.67. The number of nitrogens with zero attached hydrogens (tertiary/aromatic N) is 3. The van der Waals surface area contributed by atoms with E-state index in [4.69, 9.17) is 4.42 Å². The predicted octanol–water partition coefficient (Wildman–Crippen LogP) is 3.48. The molecule has 1 aromatic heterocycles. The summed E-state index contributed by atoms with van der Waals surface area (Å²) >= 11 is 1.34. The first-order chi connectivity index (χ1) is 12.2. The lowest BCUT2D eigenvalue weighted by Gasteiger charge is -2.12. The van der Waals surface area contributed by atoms with Crippen LogP contribution >= 0.6 is 11.8 Å². The van der Waals surface area contributed by atoms with Gasteiger partial charge in [0.25, 0.3) is 0 Å². The highest BCUT2D eigenvalue weighted by Crippen LogP contribution is 2.30. The molecule has 1 aliphatic rings. The summed E-state index contributed by atoms with van der Waals surface area (Å²) in [5.74, 6) is 0.231. The first kappa shape index (κ1) is 17.2. The maximum Gasteiger partial charge on any atom is 0.242 e. The summed E-state index contributed by atoms with van der Waals surface area (Å²) in [5, 5.41) is 8.32. The van der Waals surface area contributed by atoms with Gasteiger partial charge in [0.2, 0.25) is 5.91 Å². The largest absolute Gasteiger partial charge is 0.463 e. The molecule has 7 heteroatoms. The first-order valence-electron chi connectivity index (χ1n) is 7.65. The van der Waals surface area contributed by atoms with Crippen LogP contribution in [0.25, 0.3) is 0 Å². The summed E-state index contributed by atoms with van der Waals surface area (Å²) < 4.78 is 18.2. The number of hydrogen-bond acceptors (Lipinski definition) is 5. The van der Waals surface area contributed by atoms with Gasteiger partial charge in [0.05, 0.1) is 17.7 Å². The Balaban J connectivity index is 1.74. The number of halogens is 1. The zero-order chi connectivity index (χ0) is 17.6. The molecule has 3 rings (SSSR count). The number of carbonyl (C=O) groups is 1. The molecule has 0 saturated carbocycles. The minimum absolute atomic E-state index is 0.0545. The van der Waals surface area contributed by atoms with Crippen LogP contribution in [0.15, 0.2) is 69.9 Å². The molecular formula is C18H16FN3O2S. The standard InChI is InChI=1S/C18H16FN3O2S/c1-2-9-22-17(23)16(11-13-5-7-14(19)8-6-13)25-18(22)21-20-12-15-4-3-10-24-15/h2-8,10,12,16H,1,9,11H2/b20-12-,21-18+/t16-/m1/s1. The van der Waals surface area contributed by atoms with Crippen LogP contribution in [-0.4, -0.2) is 34.0 Å². The van der Waals surface area contributed by atoms with Gasteiger partial charge in [-0.25, -0.2) is 4.39 Å². The number of thioether (sulfide) groups is 1. The fourth-order valence-corrected chi connectivity index (χ4v) is 3.49. The third kappa shape index (κ3) is 4.24. The summed E-state index contributed by atoms with van der Waals surface area (Å²) in [6.45, 7) is 4.04. The van der Waals surface area contributed by atoms with Gasteiger partial charge in [-0.2, -0.15) is 5.10 Å². The van der Waals surface area contributed by atoms with E-state index in [2.05, 4.69) is 16.8 Å². The molecule has 1 amide bonds. The van der Waals surface area contributed by atoms with Crippen molar-refractivity contribution in [1.29, 1.82) is 0 Å². The first-order valence-corrected chi connectivity index (χ1v) is 8.53. The maximum absolute atomic E-state index is 13.0. The zero-order valence-corrected chi connectivity index (χ0v) is 14.2. The Hall–Kier alpha value is -2.67. The van der Waals surface area contributed by atoms with Gasteiger partial charge >= 0.3 is 0 Å². The van der Waals surface area contributed by atoms with Gasteiger partial charge in [-0.05, 0) is 36.2 Å². The highest BCUT2D eigenvalue weighted by atomic mass is 32.2. The normalized spacial score (nSPS) is 19.2. The van der Waals surface area contributed by atoms with Crippen LogP contribution in [0.5, 0.6) is 0 Å². The molecule has 128 valence electrons. The van der Waals surface area contributed by atoms with Crippen LogP contribution < -0.4 is 0 Å². The van der Waals surface area contributed by atoms with Crippen LogP contribution in [0.3, 0.4) is 0 Å². The Morgan fingerprint density at radius 3 is 2.80 bits per heavy atom. The fourth-order valence-electron chi connectivity index (χ4n) is 2.35. The van der Waals surface area contributed by atoms with E-state index >= 15 is 0 Å². The summed E-state index contributed by atoms with van der Waals surface area (Å²) in [7, 11) is 0. The average molecular weight is 357 g/mol. The Morgan fingerprint density at radius 2 is 2.12 bits per heavy atom. The van der Waals surface area contributed by atoms with Crippen LogP contribution in [0.4, 0.5) is 4.39 Å². The third-order valence-corrected chi connectivity index (χ3v) is 4.70. The van der Waals surface area contributed by atoms with Gasteiger partial charge in [-0.15, -0.1) is 11.7 Å². The van der Waals surface area contributed by atoms with Gasteiger partial charge in [0.1, 0.15) is 11.6 Å². The summed E-state index contributed by atoms with van der Waals surface area (Å²) in [6.07, 6.45) is 5.17. The van der Waals surface area contributed by atoms with Crippen molar-refractivity contribution in [1.82, 2.24) is 4.90 Å². The molecule has 0 radical (unpaired) electrons. The van der Waals surface area contributed by atoms with Crippen molar-refractivity contribution in [2.24, 2.45) is 10.2 Å². The molecule has 2 aromatic rings. The topological polar surface area (TPSA) is 58.2 Å². The van der Waals surface area contributed by atoms with E-state index in [1.807, 2.05) is 0 Å². The van der Waals surface area contributed by atoms with E-state index in [9.17, 15) is 9.18 Å². The van der Waals surface area contributed by atoms with Crippen LogP contribution in [-0.2, 0) is 11.2 Å². The number of furan rings is 1. The van der Waals surface area contributed by atoms with Gasteiger partial charge in [-0.3, -0.25) is 9.69 Å². The number of amides is 1. The van der Waals surface area contributed by atoms with Crippen molar-refractivity contribution in [3.8, 4) is 0 Å². The second-order valence-corrected chi connectivity index (χ2v) is 6.49. The molecule has 1 aliphatic heterocycles. The zero-order valence-electron chi connectivity index (χ0n) is 13.3. The lowest BCUT2D eigenvalue weighted by molar-refractivity contribution is -0.125. The Bertz CT molecular complexity index is 800. The van der Waals surface area contributed by atoms with Gasteiger partial charge in [0, 0.05) is 6.54 Å². The second-order valence-electron chi connectivity index (χ2n) is 5.32. The van der Waals surface area contributed by atoms with E-state index in [1.165, 1.54) is 30.1 Å². The molecule has 0 bridgehead atoms. The second kappa shape index (κ2) is 7.94. The van der Waals surface area contributed by atoms with Gasteiger partial charge in [-0.1, -0.05) is 30.0 Å². The van der Waals surface area contributed by atoms with E-state index in [-0.39, 0.29) is 17.0 Å². The van der Waals surface area contributed by atoms with Crippen molar-refractivity contribution in [3.05, 3.63) is 72.5 Å². The maximum atomic E-state index is 13.0. The minimum atomic E-state index is -0.317. The lowest BCUT2D eigenvalue weighted by Crippen LogP contribution is -2.32. The fraction of sp³-hybridized carbons (Fsp3) is 0.167. The molecule has 1 fully saturated rings. The quantitative estimate of drug-likeness (QED) is 0.452. The third-order valence-electron chi connectivity index (χ3n) is 3.54. The highest BCUT2D eigenvalue weighted by Gasteiger charge is 2.37. The summed E-state index contributed by atoms with van der Waals surface area (Å²) in [5.41, 5.74) is 0.895. The van der Waals surface area contributed by atoms with Crippen molar-refractivity contribution in [2.45, 2.75) is 11.7 Å². The molecule has 0 aliphatic carbocycles. The number of benzene rings is 1. The Labute approximate surface area is 148 Å². The average Bonchev–Trinajstić information content (AvgIpc) is 3.21. The number of carbonyl (C=O) groups excluding carboxylic acids is 1. The van der Waals surface area contributed by atoms with Crippen molar-refractivity contribution in [2.75, 3.05) is 6.54 Å². The molecule has 25 heavy (non-hydrogen) atoms. The molecule has 0 N–H and O–H groups in total. The molecule has 0 unspecified atom stereocenters. The monoisotopic (exact) mass is 357 g/mol. The number of rotatable bonds is 6. The van der Waals surface area contributed by atoms with Crippen LogP contribution in [0, 0.1) is 5.82 Å². The molecule has 2 heterocycles. The van der Waals surface area contributed by atoms with E-state index in [0.29, 0.717) is 23.9 Å². The Kier molecular flexibility index (Phi) is 5.45. The SMILES string of the molecule is C=CCN1C(=O)[C@@H](Cc2ccc(F)cc2)S/C1=N/N=C\c1ccco1. The lowest BCUT2D eigenvalue weighted by atomic mass is 10.1. The molecule has 5 nitrogen and oxygen atoms in total. The minimum Gasteiger partial charge on any atom is -0.463 e. The van der Waals surface area contributed by atoms with Crippen molar-refractivity contribution in [3.63, 3.8) is 0 Å². The number of amidine groups is 1. The van der Waals surface area contributed by atoms with Crippen molar-refractivity contribution < 1.29 is 13.6 Å². The highest BCUT2D eigenvalue weighted by molar-refractivity contribution is 8.15. The van der Waals surface area contributed by atoms with E-state index in [0.717, 1.165) is 5.56 Å². The predicted molar refractivity (Wildman–Crippen MR) is 97.1 cm³/mol.